The first-order valence-electron chi connectivity index (χ1n) is 4.37. The summed E-state index contributed by atoms with van der Waals surface area (Å²) in [4.78, 5) is 10.2. The first kappa shape index (κ1) is 8.74. The SMILES string of the molecule is N/C(=N\O)c1nccnc1N1CCC1. The largest absolute Gasteiger partial charge is 0.409 e. The highest BCUT2D eigenvalue weighted by Gasteiger charge is 2.21. The Balaban J connectivity index is 2.37. The maximum Gasteiger partial charge on any atom is 0.192 e. The molecule has 0 spiro atoms. The second kappa shape index (κ2) is 3.49. The van der Waals surface area contributed by atoms with Crippen molar-refractivity contribution in [1.29, 1.82) is 0 Å². The van der Waals surface area contributed by atoms with Crippen LogP contribution in [0.5, 0.6) is 0 Å². The molecule has 6 heteroatoms. The third kappa shape index (κ3) is 1.34. The lowest BCUT2D eigenvalue weighted by Crippen LogP contribution is -2.39. The van der Waals surface area contributed by atoms with E-state index in [1.54, 1.807) is 6.20 Å². The highest BCUT2D eigenvalue weighted by molar-refractivity contribution is 5.99. The molecule has 6 nitrogen and oxygen atoms in total. The summed E-state index contributed by atoms with van der Waals surface area (Å²) >= 11 is 0. The first-order chi connectivity index (χ1) is 6.83. The molecule has 1 saturated heterocycles. The Bertz CT molecular complexity index is 361. The van der Waals surface area contributed by atoms with Crippen molar-refractivity contribution in [3.63, 3.8) is 0 Å². The second-order valence-corrected chi connectivity index (χ2v) is 3.05. The van der Waals surface area contributed by atoms with Gasteiger partial charge in [0.2, 0.25) is 0 Å². The lowest BCUT2D eigenvalue weighted by atomic mass is 10.2. The van der Waals surface area contributed by atoms with E-state index in [1.165, 1.54) is 6.20 Å². The minimum atomic E-state index is 0.000000000000000222. The maximum atomic E-state index is 8.56. The van der Waals surface area contributed by atoms with Crippen LogP contribution in [0.3, 0.4) is 0 Å². The minimum absolute atomic E-state index is 0.000000000000000222. The summed E-state index contributed by atoms with van der Waals surface area (Å²) < 4.78 is 0. The average Bonchev–Trinajstić information content (AvgIpc) is 2.15. The number of rotatable bonds is 2. The molecule has 1 aliphatic rings. The molecule has 0 bridgehead atoms. The van der Waals surface area contributed by atoms with E-state index in [2.05, 4.69) is 15.1 Å². The van der Waals surface area contributed by atoms with Crippen LogP contribution in [-0.2, 0) is 0 Å². The van der Waals surface area contributed by atoms with Crippen molar-refractivity contribution < 1.29 is 5.21 Å². The molecule has 0 radical (unpaired) electrons. The van der Waals surface area contributed by atoms with Crippen LogP contribution >= 0.6 is 0 Å². The topological polar surface area (TPSA) is 87.6 Å². The van der Waals surface area contributed by atoms with E-state index >= 15 is 0 Å². The van der Waals surface area contributed by atoms with Crippen LogP contribution in [0, 0.1) is 0 Å². The van der Waals surface area contributed by atoms with E-state index in [9.17, 15) is 0 Å². The van der Waals surface area contributed by atoms with Gasteiger partial charge >= 0.3 is 0 Å². The smallest absolute Gasteiger partial charge is 0.192 e. The van der Waals surface area contributed by atoms with E-state index < -0.39 is 0 Å². The molecule has 3 N–H and O–H groups in total. The van der Waals surface area contributed by atoms with Gasteiger partial charge < -0.3 is 15.8 Å². The number of hydrogen-bond acceptors (Lipinski definition) is 5. The quantitative estimate of drug-likeness (QED) is 0.293. The number of nitrogens with two attached hydrogens (primary N) is 1. The van der Waals surface area contributed by atoms with Crippen LogP contribution < -0.4 is 10.6 Å². The Morgan fingerprint density at radius 2 is 2.14 bits per heavy atom. The second-order valence-electron chi connectivity index (χ2n) is 3.05. The summed E-state index contributed by atoms with van der Waals surface area (Å²) in [6.07, 6.45) is 4.27. The molecule has 1 aliphatic heterocycles. The van der Waals surface area contributed by atoms with Crippen LogP contribution in [0.15, 0.2) is 17.5 Å². The fraction of sp³-hybridized carbons (Fsp3) is 0.375. The number of amidine groups is 1. The molecule has 74 valence electrons. The van der Waals surface area contributed by atoms with Gasteiger partial charge in [0.25, 0.3) is 0 Å². The van der Waals surface area contributed by atoms with Crippen molar-refractivity contribution >= 4 is 11.7 Å². The Morgan fingerprint density at radius 3 is 2.71 bits per heavy atom. The molecule has 1 aromatic heterocycles. The fourth-order valence-electron chi connectivity index (χ4n) is 1.32. The van der Waals surface area contributed by atoms with Gasteiger partial charge in [-0.05, 0) is 6.42 Å². The van der Waals surface area contributed by atoms with Crippen molar-refractivity contribution in [3.05, 3.63) is 18.1 Å². The zero-order chi connectivity index (χ0) is 9.97. The highest BCUT2D eigenvalue weighted by atomic mass is 16.4. The normalized spacial score (nSPS) is 16.6. The number of aromatic nitrogens is 2. The monoisotopic (exact) mass is 193 g/mol. The van der Waals surface area contributed by atoms with Crippen LogP contribution in [0.25, 0.3) is 0 Å². The summed E-state index contributed by atoms with van der Waals surface area (Å²) in [5.74, 6) is 0.689. The predicted molar refractivity (Wildman–Crippen MR) is 51.4 cm³/mol. The number of anilines is 1. The van der Waals surface area contributed by atoms with Crippen molar-refractivity contribution in [3.8, 4) is 0 Å². The van der Waals surface area contributed by atoms with E-state index in [1.807, 2.05) is 4.90 Å². The molecule has 0 aromatic carbocycles. The van der Waals surface area contributed by atoms with Crippen molar-refractivity contribution in [2.24, 2.45) is 10.9 Å². The molecular formula is C8H11N5O. The van der Waals surface area contributed by atoms with Gasteiger partial charge in [0.1, 0.15) is 0 Å². The molecule has 0 saturated carbocycles. The summed E-state index contributed by atoms with van der Waals surface area (Å²) in [5, 5.41) is 11.5. The van der Waals surface area contributed by atoms with Gasteiger partial charge in [-0.3, -0.25) is 0 Å². The third-order valence-electron chi connectivity index (χ3n) is 2.18. The molecule has 2 heterocycles. The Kier molecular flexibility index (Phi) is 2.18. The van der Waals surface area contributed by atoms with Crippen LogP contribution in [0.1, 0.15) is 12.1 Å². The third-order valence-corrected chi connectivity index (χ3v) is 2.18. The average molecular weight is 193 g/mol. The number of hydrogen-bond donors (Lipinski definition) is 2. The summed E-state index contributed by atoms with van der Waals surface area (Å²) in [5.41, 5.74) is 5.92. The van der Waals surface area contributed by atoms with Crippen LogP contribution in [-0.4, -0.2) is 34.1 Å². The lowest BCUT2D eigenvalue weighted by Gasteiger charge is -2.32. The lowest BCUT2D eigenvalue weighted by molar-refractivity contribution is 0.318. The van der Waals surface area contributed by atoms with E-state index in [-0.39, 0.29) is 5.84 Å². The van der Waals surface area contributed by atoms with E-state index in [4.69, 9.17) is 10.9 Å². The highest BCUT2D eigenvalue weighted by Crippen LogP contribution is 2.20. The van der Waals surface area contributed by atoms with E-state index in [0.717, 1.165) is 19.5 Å². The van der Waals surface area contributed by atoms with Gasteiger partial charge in [0.05, 0.1) is 0 Å². The van der Waals surface area contributed by atoms with Crippen molar-refractivity contribution in [1.82, 2.24) is 9.97 Å². The van der Waals surface area contributed by atoms with Gasteiger partial charge in [0.15, 0.2) is 17.3 Å². The van der Waals surface area contributed by atoms with Crippen molar-refractivity contribution in [2.45, 2.75) is 6.42 Å². The van der Waals surface area contributed by atoms with Gasteiger partial charge in [-0.2, -0.15) is 0 Å². The Morgan fingerprint density at radius 1 is 1.43 bits per heavy atom. The molecule has 1 aromatic rings. The van der Waals surface area contributed by atoms with E-state index in [0.29, 0.717) is 11.5 Å². The Labute approximate surface area is 81.1 Å². The molecule has 0 aliphatic carbocycles. The standard InChI is InChI=1S/C8H11N5O/c9-7(12-14)6-8(11-3-2-10-6)13-4-1-5-13/h2-3,14H,1,4-5H2,(H2,9,12). The molecule has 1 fully saturated rings. The number of nitrogens with zero attached hydrogens (tertiary/aromatic N) is 4. The molecule has 0 atom stereocenters. The van der Waals surface area contributed by atoms with Crippen molar-refractivity contribution in [2.75, 3.05) is 18.0 Å². The first-order valence-corrected chi connectivity index (χ1v) is 4.37. The van der Waals surface area contributed by atoms with Gasteiger partial charge in [-0.25, -0.2) is 9.97 Å². The molecule has 14 heavy (non-hydrogen) atoms. The Hall–Kier alpha value is -1.85. The summed E-state index contributed by atoms with van der Waals surface area (Å²) in [6, 6.07) is 0. The van der Waals surface area contributed by atoms with Crippen LogP contribution in [0.2, 0.25) is 0 Å². The zero-order valence-electron chi connectivity index (χ0n) is 7.59. The summed E-state index contributed by atoms with van der Waals surface area (Å²) in [6.45, 7) is 1.90. The molecule has 0 amide bonds. The molecule has 0 unspecified atom stereocenters. The zero-order valence-corrected chi connectivity index (χ0v) is 7.59. The fourth-order valence-corrected chi connectivity index (χ4v) is 1.32. The van der Waals surface area contributed by atoms with Gasteiger partial charge in [-0.1, -0.05) is 5.16 Å². The van der Waals surface area contributed by atoms with Crippen LogP contribution in [0.4, 0.5) is 5.82 Å². The molecular weight excluding hydrogens is 182 g/mol. The minimum Gasteiger partial charge on any atom is -0.409 e. The van der Waals surface area contributed by atoms with Gasteiger partial charge in [-0.15, -0.1) is 0 Å². The predicted octanol–water partition coefficient (Wildman–Crippen LogP) is -0.219. The van der Waals surface area contributed by atoms with Gasteiger partial charge in [0, 0.05) is 25.5 Å². The number of oxime groups is 1. The maximum absolute atomic E-state index is 8.56. The molecule has 2 rings (SSSR count). The summed E-state index contributed by atoms with van der Waals surface area (Å²) in [7, 11) is 0.